The minimum Gasteiger partial charge on any atom is -0.288 e. The van der Waals surface area contributed by atoms with Crippen LogP contribution in [0, 0.1) is 0 Å². The first-order valence-corrected chi connectivity index (χ1v) is 8.91. The van der Waals surface area contributed by atoms with Gasteiger partial charge < -0.3 is 0 Å². The average Bonchev–Trinajstić information content (AvgIpc) is 3.08. The zero-order valence-electron chi connectivity index (χ0n) is 11.5. The van der Waals surface area contributed by atoms with Crippen LogP contribution < -0.4 is 0 Å². The Bertz CT molecular complexity index is 1060. The van der Waals surface area contributed by atoms with Crippen molar-refractivity contribution in [2.45, 2.75) is 4.90 Å². The SMILES string of the molecule is O=C1c2cnn(-c3ccccn3)c2-c2cccc(S(=O)(=O)Cl)c21. The minimum atomic E-state index is -4.03. The van der Waals surface area contributed by atoms with E-state index in [1.807, 2.05) is 0 Å². The van der Waals surface area contributed by atoms with E-state index in [4.69, 9.17) is 10.7 Å². The van der Waals surface area contributed by atoms with Gasteiger partial charge in [-0.15, -0.1) is 0 Å². The van der Waals surface area contributed by atoms with E-state index in [0.717, 1.165) is 0 Å². The molecule has 0 atom stereocenters. The number of ketones is 1. The summed E-state index contributed by atoms with van der Waals surface area (Å²) in [4.78, 5) is 16.6. The zero-order chi connectivity index (χ0) is 16.2. The third-order valence-electron chi connectivity index (χ3n) is 3.65. The molecule has 3 aromatic rings. The maximum absolute atomic E-state index is 12.6. The number of hydrogen-bond acceptors (Lipinski definition) is 5. The Hall–Kier alpha value is -2.51. The van der Waals surface area contributed by atoms with E-state index in [9.17, 15) is 13.2 Å². The highest BCUT2D eigenvalue weighted by Gasteiger charge is 2.36. The van der Waals surface area contributed by atoms with Crippen molar-refractivity contribution in [1.29, 1.82) is 0 Å². The molecule has 0 radical (unpaired) electrons. The van der Waals surface area contributed by atoms with Crippen LogP contribution >= 0.6 is 10.7 Å². The van der Waals surface area contributed by atoms with Crippen LogP contribution in [0.5, 0.6) is 0 Å². The number of fused-ring (bicyclic) bond motifs is 3. The fourth-order valence-corrected chi connectivity index (χ4v) is 3.80. The van der Waals surface area contributed by atoms with Crippen LogP contribution in [0.15, 0.2) is 53.7 Å². The molecular weight excluding hydrogens is 338 g/mol. The molecule has 0 bridgehead atoms. The molecule has 0 fully saturated rings. The maximum atomic E-state index is 12.6. The highest BCUT2D eigenvalue weighted by Crippen LogP contribution is 2.41. The summed E-state index contributed by atoms with van der Waals surface area (Å²) in [6, 6.07) is 9.86. The summed E-state index contributed by atoms with van der Waals surface area (Å²) in [6.45, 7) is 0. The summed E-state index contributed by atoms with van der Waals surface area (Å²) in [5.41, 5.74) is 1.42. The van der Waals surface area contributed by atoms with Crippen LogP contribution in [0.1, 0.15) is 15.9 Å². The van der Waals surface area contributed by atoms with Gasteiger partial charge in [0.15, 0.2) is 11.6 Å². The molecule has 8 heteroatoms. The van der Waals surface area contributed by atoms with E-state index in [1.54, 1.807) is 36.5 Å². The first-order chi connectivity index (χ1) is 11.0. The number of halogens is 1. The molecule has 0 N–H and O–H groups in total. The molecule has 0 saturated carbocycles. The summed E-state index contributed by atoms with van der Waals surface area (Å²) in [5.74, 6) is 0.130. The van der Waals surface area contributed by atoms with Gasteiger partial charge in [-0.2, -0.15) is 5.10 Å². The van der Waals surface area contributed by atoms with Crippen LogP contribution in [0.2, 0.25) is 0 Å². The van der Waals surface area contributed by atoms with Gasteiger partial charge in [0.25, 0.3) is 9.05 Å². The number of carbonyl (C=O) groups is 1. The van der Waals surface area contributed by atoms with Gasteiger partial charge in [-0.3, -0.25) is 4.79 Å². The molecular formula is C15H8ClN3O3S. The van der Waals surface area contributed by atoms with Crippen molar-refractivity contribution in [1.82, 2.24) is 14.8 Å². The molecule has 1 aliphatic rings. The summed E-state index contributed by atoms with van der Waals surface area (Å²) in [5, 5.41) is 4.20. The van der Waals surface area contributed by atoms with Crippen molar-refractivity contribution in [2.75, 3.05) is 0 Å². The number of rotatable bonds is 2. The zero-order valence-corrected chi connectivity index (χ0v) is 13.0. The van der Waals surface area contributed by atoms with Gasteiger partial charge in [-0.05, 0) is 18.2 Å². The van der Waals surface area contributed by atoms with Gasteiger partial charge in [0, 0.05) is 22.4 Å². The molecule has 4 rings (SSSR count). The molecule has 114 valence electrons. The van der Waals surface area contributed by atoms with Crippen LogP contribution in [0.25, 0.3) is 17.1 Å². The van der Waals surface area contributed by atoms with E-state index in [-0.39, 0.29) is 10.5 Å². The van der Waals surface area contributed by atoms with E-state index in [2.05, 4.69) is 10.1 Å². The Balaban J connectivity index is 2.04. The smallest absolute Gasteiger partial charge is 0.262 e. The van der Waals surface area contributed by atoms with E-state index < -0.39 is 14.8 Å². The quantitative estimate of drug-likeness (QED) is 0.521. The number of pyridine rings is 1. The first-order valence-electron chi connectivity index (χ1n) is 6.60. The fraction of sp³-hybridized carbons (Fsp3) is 0. The van der Waals surface area contributed by atoms with Crippen LogP contribution in [0.4, 0.5) is 0 Å². The maximum Gasteiger partial charge on any atom is 0.262 e. The Labute approximate surface area is 135 Å². The third kappa shape index (κ3) is 2.01. The van der Waals surface area contributed by atoms with Gasteiger partial charge in [0.1, 0.15) is 0 Å². The van der Waals surface area contributed by atoms with E-state index >= 15 is 0 Å². The highest BCUT2D eigenvalue weighted by molar-refractivity contribution is 8.13. The van der Waals surface area contributed by atoms with E-state index in [0.29, 0.717) is 22.6 Å². The predicted molar refractivity (Wildman–Crippen MR) is 83.3 cm³/mol. The second-order valence-electron chi connectivity index (χ2n) is 4.95. The van der Waals surface area contributed by atoms with Crippen molar-refractivity contribution in [3.05, 3.63) is 59.9 Å². The standard InChI is InChI=1S/C15H8ClN3O3S/c16-23(21,22)11-5-3-4-9-13(11)15(20)10-8-18-19(14(9)10)12-6-1-2-7-17-12/h1-8H. The van der Waals surface area contributed by atoms with Crippen molar-refractivity contribution < 1.29 is 13.2 Å². The van der Waals surface area contributed by atoms with Gasteiger partial charge >= 0.3 is 0 Å². The lowest BCUT2D eigenvalue weighted by Crippen LogP contribution is -2.04. The predicted octanol–water partition coefficient (Wildman–Crippen LogP) is 2.41. The van der Waals surface area contributed by atoms with Crippen molar-refractivity contribution in [3.8, 4) is 17.1 Å². The Morgan fingerprint density at radius 3 is 2.57 bits per heavy atom. The number of nitrogens with zero attached hydrogens (tertiary/aromatic N) is 3. The lowest BCUT2D eigenvalue weighted by atomic mass is 10.1. The number of aromatic nitrogens is 3. The monoisotopic (exact) mass is 345 g/mol. The number of carbonyl (C=O) groups excluding carboxylic acids is 1. The third-order valence-corrected chi connectivity index (χ3v) is 5.02. The second-order valence-corrected chi connectivity index (χ2v) is 7.49. The second kappa shape index (κ2) is 4.74. The van der Waals surface area contributed by atoms with Gasteiger partial charge in [-0.1, -0.05) is 18.2 Å². The molecule has 2 heterocycles. The number of hydrogen-bond donors (Lipinski definition) is 0. The molecule has 1 aromatic carbocycles. The summed E-state index contributed by atoms with van der Waals surface area (Å²) in [7, 11) is 1.43. The summed E-state index contributed by atoms with van der Waals surface area (Å²) in [6.07, 6.45) is 3.03. The minimum absolute atomic E-state index is 0.0829. The largest absolute Gasteiger partial charge is 0.288 e. The van der Waals surface area contributed by atoms with Crippen LogP contribution in [0.3, 0.4) is 0 Å². The molecule has 0 saturated heterocycles. The summed E-state index contributed by atoms with van der Waals surface area (Å²) < 4.78 is 25.0. The molecule has 23 heavy (non-hydrogen) atoms. The summed E-state index contributed by atoms with van der Waals surface area (Å²) >= 11 is 0. The van der Waals surface area contributed by atoms with Crippen LogP contribution in [-0.4, -0.2) is 29.0 Å². The molecule has 2 aromatic heterocycles. The number of benzene rings is 1. The molecule has 0 spiro atoms. The lowest BCUT2D eigenvalue weighted by molar-refractivity contribution is 0.104. The van der Waals surface area contributed by atoms with Gasteiger partial charge in [0.05, 0.1) is 27.9 Å². The fourth-order valence-electron chi connectivity index (χ4n) is 2.73. The van der Waals surface area contributed by atoms with Crippen LogP contribution in [-0.2, 0) is 9.05 Å². The average molecular weight is 346 g/mol. The molecule has 0 unspecified atom stereocenters. The Kier molecular flexibility index (Phi) is 2.91. The topological polar surface area (TPSA) is 81.9 Å². The van der Waals surface area contributed by atoms with Crippen molar-refractivity contribution >= 4 is 25.5 Å². The molecule has 1 aliphatic carbocycles. The van der Waals surface area contributed by atoms with E-state index in [1.165, 1.54) is 16.9 Å². The van der Waals surface area contributed by atoms with Gasteiger partial charge in [-0.25, -0.2) is 18.1 Å². The first kappa shape index (κ1) is 14.1. The normalized spacial score (nSPS) is 13.0. The van der Waals surface area contributed by atoms with Crippen molar-refractivity contribution in [3.63, 3.8) is 0 Å². The Morgan fingerprint density at radius 2 is 1.87 bits per heavy atom. The molecule has 0 aliphatic heterocycles. The van der Waals surface area contributed by atoms with Crippen molar-refractivity contribution in [2.24, 2.45) is 0 Å². The molecule has 0 amide bonds. The Morgan fingerprint density at radius 1 is 1.04 bits per heavy atom. The molecule has 6 nitrogen and oxygen atoms in total. The lowest BCUT2D eigenvalue weighted by Gasteiger charge is -2.07. The highest BCUT2D eigenvalue weighted by atomic mass is 35.7. The van der Waals surface area contributed by atoms with Gasteiger partial charge in [0.2, 0.25) is 0 Å².